The smallest absolute Gasteiger partial charge is 0.128 e. The molecule has 1 N–H and O–H groups in total. The lowest BCUT2D eigenvalue weighted by Crippen LogP contribution is -2.28. The molecule has 4 heteroatoms. The van der Waals surface area contributed by atoms with Gasteiger partial charge >= 0.3 is 0 Å². The lowest BCUT2D eigenvalue weighted by molar-refractivity contribution is 0.371. The molecule has 1 aromatic rings. The molecule has 1 unspecified atom stereocenters. The molecule has 1 fully saturated rings. The quantitative estimate of drug-likeness (QED) is 0.894. The summed E-state index contributed by atoms with van der Waals surface area (Å²) in [7, 11) is 3.19. The number of piperidine rings is 1. The zero-order valence-electron chi connectivity index (χ0n) is 11.0. The van der Waals surface area contributed by atoms with Crippen LogP contribution in [0.25, 0.3) is 0 Å². The highest BCUT2D eigenvalue weighted by Gasteiger charge is 2.21. The Morgan fingerprint density at radius 2 is 2.06 bits per heavy atom. The second kappa shape index (κ2) is 6.05. The Kier molecular flexibility index (Phi) is 4.42. The molecule has 100 valence electrons. The van der Waals surface area contributed by atoms with Crippen molar-refractivity contribution in [3.63, 3.8) is 0 Å². The maximum Gasteiger partial charge on any atom is 0.128 e. The molecule has 0 radical (unpaired) electrons. The maximum atomic E-state index is 13.0. The summed E-state index contributed by atoms with van der Waals surface area (Å²) in [6.45, 7) is 1.47. The van der Waals surface area contributed by atoms with E-state index in [1.165, 1.54) is 0 Å². The third-order valence-corrected chi connectivity index (χ3v) is 3.51. The predicted octanol–water partition coefficient (Wildman–Crippen LogP) is 2.64. The SMILES string of the molecule is COc1cc(OC)c(C2CCCNC2)cc1CF. The van der Waals surface area contributed by atoms with Gasteiger partial charge in [0, 0.05) is 24.1 Å². The molecule has 1 heterocycles. The standard InChI is InChI=1S/C14H20FNO2/c1-17-13-7-14(18-2)12(6-11(13)8-15)10-4-3-5-16-9-10/h6-7,10,16H,3-5,8-9H2,1-2H3. The van der Waals surface area contributed by atoms with E-state index in [9.17, 15) is 4.39 Å². The van der Waals surface area contributed by atoms with Gasteiger partial charge in [0.15, 0.2) is 0 Å². The Labute approximate surface area is 107 Å². The first-order valence-corrected chi connectivity index (χ1v) is 6.31. The highest BCUT2D eigenvalue weighted by atomic mass is 19.1. The van der Waals surface area contributed by atoms with Crippen LogP contribution in [-0.2, 0) is 6.67 Å². The number of methoxy groups -OCH3 is 2. The molecule has 1 atom stereocenters. The van der Waals surface area contributed by atoms with Crippen LogP contribution in [0.4, 0.5) is 4.39 Å². The third-order valence-electron chi connectivity index (χ3n) is 3.51. The molecule has 1 aliphatic rings. The monoisotopic (exact) mass is 253 g/mol. The zero-order valence-corrected chi connectivity index (χ0v) is 11.0. The molecule has 0 aromatic heterocycles. The molecule has 1 saturated heterocycles. The summed E-state index contributed by atoms with van der Waals surface area (Å²) in [5.74, 6) is 1.74. The number of benzene rings is 1. The number of nitrogens with one attached hydrogen (secondary N) is 1. The first-order chi connectivity index (χ1) is 8.80. The van der Waals surface area contributed by atoms with Gasteiger partial charge in [0.05, 0.1) is 14.2 Å². The largest absolute Gasteiger partial charge is 0.496 e. The van der Waals surface area contributed by atoms with Gasteiger partial charge in [-0.2, -0.15) is 0 Å². The minimum Gasteiger partial charge on any atom is -0.496 e. The maximum absolute atomic E-state index is 13.0. The van der Waals surface area contributed by atoms with Crippen LogP contribution in [0.3, 0.4) is 0 Å². The molecule has 0 saturated carbocycles. The van der Waals surface area contributed by atoms with Crippen molar-refractivity contribution in [1.29, 1.82) is 0 Å². The summed E-state index contributed by atoms with van der Waals surface area (Å²) < 4.78 is 23.6. The number of alkyl halides is 1. The van der Waals surface area contributed by atoms with Crippen molar-refractivity contribution in [3.05, 3.63) is 23.3 Å². The van der Waals surface area contributed by atoms with Crippen LogP contribution in [0.5, 0.6) is 11.5 Å². The number of rotatable bonds is 4. The topological polar surface area (TPSA) is 30.5 Å². The summed E-state index contributed by atoms with van der Waals surface area (Å²) in [6.07, 6.45) is 2.26. The van der Waals surface area contributed by atoms with Crippen LogP contribution in [0, 0.1) is 0 Å². The summed E-state index contributed by atoms with van der Waals surface area (Å²) in [5, 5.41) is 3.37. The Morgan fingerprint density at radius 1 is 1.28 bits per heavy atom. The molecule has 1 aliphatic heterocycles. The molecule has 0 aliphatic carbocycles. The lowest BCUT2D eigenvalue weighted by atomic mass is 9.89. The van der Waals surface area contributed by atoms with Crippen LogP contribution in [0.15, 0.2) is 12.1 Å². The third kappa shape index (κ3) is 2.58. The first kappa shape index (κ1) is 13.1. The molecule has 0 bridgehead atoms. The van der Waals surface area contributed by atoms with Crippen molar-refractivity contribution in [3.8, 4) is 11.5 Å². The Hall–Kier alpha value is -1.29. The second-order valence-corrected chi connectivity index (χ2v) is 4.58. The fourth-order valence-electron chi connectivity index (χ4n) is 2.53. The molecular formula is C14H20FNO2. The van der Waals surface area contributed by atoms with Gasteiger partial charge in [0.1, 0.15) is 18.2 Å². The first-order valence-electron chi connectivity index (χ1n) is 6.31. The van der Waals surface area contributed by atoms with E-state index in [0.717, 1.165) is 37.2 Å². The molecular weight excluding hydrogens is 233 g/mol. The molecule has 0 spiro atoms. The van der Waals surface area contributed by atoms with E-state index in [2.05, 4.69) is 5.32 Å². The van der Waals surface area contributed by atoms with Crippen LogP contribution in [-0.4, -0.2) is 27.3 Å². The second-order valence-electron chi connectivity index (χ2n) is 4.58. The van der Waals surface area contributed by atoms with Gasteiger partial charge in [-0.3, -0.25) is 0 Å². The van der Waals surface area contributed by atoms with E-state index in [-0.39, 0.29) is 0 Å². The van der Waals surface area contributed by atoms with Crippen molar-refractivity contribution >= 4 is 0 Å². The molecule has 0 amide bonds. The number of hydrogen-bond donors (Lipinski definition) is 1. The van der Waals surface area contributed by atoms with E-state index in [1.807, 2.05) is 6.07 Å². The Balaban J connectivity index is 2.37. The lowest BCUT2D eigenvalue weighted by Gasteiger charge is -2.25. The normalized spacial score (nSPS) is 19.6. The number of hydrogen-bond acceptors (Lipinski definition) is 3. The van der Waals surface area contributed by atoms with Crippen molar-refractivity contribution in [2.24, 2.45) is 0 Å². The van der Waals surface area contributed by atoms with E-state index in [4.69, 9.17) is 9.47 Å². The van der Waals surface area contributed by atoms with Crippen LogP contribution in [0.1, 0.15) is 29.9 Å². The average Bonchev–Trinajstić information content (AvgIpc) is 2.46. The van der Waals surface area contributed by atoms with E-state index in [0.29, 0.717) is 17.2 Å². The minimum absolute atomic E-state index is 0.393. The van der Waals surface area contributed by atoms with Gasteiger partial charge < -0.3 is 14.8 Å². The molecule has 2 rings (SSSR count). The highest BCUT2D eigenvalue weighted by Crippen LogP contribution is 2.36. The summed E-state index contributed by atoms with van der Waals surface area (Å²) in [5.41, 5.74) is 1.68. The number of ether oxygens (including phenoxy) is 2. The highest BCUT2D eigenvalue weighted by molar-refractivity contribution is 5.48. The van der Waals surface area contributed by atoms with E-state index in [1.54, 1.807) is 20.3 Å². The van der Waals surface area contributed by atoms with Crippen LogP contribution < -0.4 is 14.8 Å². The molecule has 1 aromatic carbocycles. The van der Waals surface area contributed by atoms with E-state index < -0.39 is 6.67 Å². The molecule has 3 nitrogen and oxygen atoms in total. The van der Waals surface area contributed by atoms with Crippen molar-refractivity contribution in [2.75, 3.05) is 27.3 Å². The van der Waals surface area contributed by atoms with E-state index >= 15 is 0 Å². The van der Waals surface area contributed by atoms with Gasteiger partial charge in [0.2, 0.25) is 0 Å². The number of halogens is 1. The van der Waals surface area contributed by atoms with Crippen LogP contribution >= 0.6 is 0 Å². The van der Waals surface area contributed by atoms with Gasteiger partial charge in [-0.05, 0) is 31.0 Å². The minimum atomic E-state index is -0.514. The van der Waals surface area contributed by atoms with Gasteiger partial charge in [-0.25, -0.2) is 4.39 Å². The van der Waals surface area contributed by atoms with Crippen molar-refractivity contribution in [2.45, 2.75) is 25.4 Å². The Morgan fingerprint density at radius 3 is 2.61 bits per heavy atom. The van der Waals surface area contributed by atoms with Gasteiger partial charge in [0.25, 0.3) is 0 Å². The fraction of sp³-hybridized carbons (Fsp3) is 0.571. The van der Waals surface area contributed by atoms with Gasteiger partial charge in [-0.1, -0.05) is 0 Å². The van der Waals surface area contributed by atoms with Crippen molar-refractivity contribution in [1.82, 2.24) is 5.32 Å². The van der Waals surface area contributed by atoms with Gasteiger partial charge in [-0.15, -0.1) is 0 Å². The van der Waals surface area contributed by atoms with Crippen molar-refractivity contribution < 1.29 is 13.9 Å². The predicted molar refractivity (Wildman–Crippen MR) is 69.2 cm³/mol. The summed E-state index contributed by atoms with van der Waals surface area (Å²) >= 11 is 0. The summed E-state index contributed by atoms with van der Waals surface area (Å²) in [4.78, 5) is 0. The zero-order chi connectivity index (χ0) is 13.0. The Bertz CT molecular complexity index is 403. The van der Waals surface area contributed by atoms with Crippen LogP contribution in [0.2, 0.25) is 0 Å². The summed E-state index contributed by atoms with van der Waals surface area (Å²) in [6, 6.07) is 3.67. The fourth-order valence-corrected chi connectivity index (χ4v) is 2.53. The average molecular weight is 253 g/mol. The molecule has 18 heavy (non-hydrogen) atoms.